The maximum absolute atomic E-state index is 12.0. The summed E-state index contributed by atoms with van der Waals surface area (Å²) in [6.45, 7) is 2.92. The Bertz CT molecular complexity index is 664. The van der Waals surface area contributed by atoms with Crippen LogP contribution in [-0.4, -0.2) is 39.4 Å². The number of hydrogen-bond acceptors (Lipinski definition) is 6. The summed E-state index contributed by atoms with van der Waals surface area (Å²) in [6, 6.07) is 2.89. The highest BCUT2D eigenvalue weighted by molar-refractivity contribution is 7.92. The summed E-state index contributed by atoms with van der Waals surface area (Å²) >= 11 is 0. The lowest BCUT2D eigenvalue weighted by Gasteiger charge is -2.22. The van der Waals surface area contributed by atoms with E-state index in [2.05, 4.69) is 9.71 Å². The molecule has 1 aromatic rings. The quantitative estimate of drug-likeness (QED) is 0.738. The first-order valence-electron chi connectivity index (χ1n) is 5.84. The summed E-state index contributed by atoms with van der Waals surface area (Å²) in [4.78, 5) is 3.87. The van der Waals surface area contributed by atoms with Gasteiger partial charge in [-0.25, -0.2) is 21.6 Å². The Hall–Kier alpha value is -1.03. The second-order valence-corrected chi connectivity index (χ2v) is 9.46. The van der Waals surface area contributed by atoms with Crippen LogP contribution >= 0.6 is 0 Å². The fourth-order valence-electron chi connectivity index (χ4n) is 1.17. The van der Waals surface area contributed by atoms with Crippen molar-refractivity contribution in [1.82, 2.24) is 9.71 Å². The van der Waals surface area contributed by atoms with Crippen LogP contribution < -0.4 is 10.5 Å². The smallest absolute Gasteiger partial charge is 0.242 e. The Morgan fingerprint density at radius 1 is 1.25 bits per heavy atom. The van der Waals surface area contributed by atoms with Crippen molar-refractivity contribution in [1.29, 1.82) is 0 Å². The van der Waals surface area contributed by atoms with Gasteiger partial charge in [-0.2, -0.15) is 0 Å². The number of rotatable bonds is 6. The van der Waals surface area contributed by atoms with Crippen molar-refractivity contribution in [3.63, 3.8) is 0 Å². The first kappa shape index (κ1) is 17.0. The Labute approximate surface area is 119 Å². The van der Waals surface area contributed by atoms with Crippen LogP contribution in [0.4, 0.5) is 0 Å². The van der Waals surface area contributed by atoms with Gasteiger partial charge in [0.15, 0.2) is 9.84 Å². The fourth-order valence-corrected chi connectivity index (χ4v) is 2.76. The normalized spacial score (nSPS) is 13.4. The van der Waals surface area contributed by atoms with Crippen LogP contribution in [0.2, 0.25) is 0 Å². The zero-order chi connectivity index (χ0) is 15.6. The summed E-state index contributed by atoms with van der Waals surface area (Å²) < 4.78 is 48.2. The predicted molar refractivity (Wildman–Crippen MR) is 76.2 cm³/mol. The average molecular weight is 321 g/mol. The molecule has 0 unspecified atom stereocenters. The van der Waals surface area contributed by atoms with E-state index >= 15 is 0 Å². The molecule has 1 rings (SSSR count). The van der Waals surface area contributed by atoms with Gasteiger partial charge in [-0.1, -0.05) is 0 Å². The van der Waals surface area contributed by atoms with Crippen LogP contribution in [0.15, 0.2) is 23.2 Å². The van der Waals surface area contributed by atoms with E-state index in [1.807, 2.05) is 0 Å². The molecule has 0 fully saturated rings. The van der Waals surface area contributed by atoms with Crippen molar-refractivity contribution < 1.29 is 16.8 Å². The van der Waals surface area contributed by atoms with Gasteiger partial charge in [0.25, 0.3) is 0 Å². The van der Waals surface area contributed by atoms with Crippen LogP contribution in [-0.2, 0) is 26.4 Å². The number of hydrogen-bond donors (Lipinski definition) is 2. The van der Waals surface area contributed by atoms with Gasteiger partial charge in [0.05, 0.1) is 10.4 Å². The largest absolute Gasteiger partial charge is 0.325 e. The van der Waals surface area contributed by atoms with E-state index < -0.39 is 24.6 Å². The second-order valence-electron chi connectivity index (χ2n) is 5.05. The maximum atomic E-state index is 12.0. The van der Waals surface area contributed by atoms with Crippen molar-refractivity contribution in [3.8, 4) is 0 Å². The molecule has 0 spiro atoms. The molecule has 0 atom stereocenters. The van der Waals surface area contributed by atoms with E-state index in [0.29, 0.717) is 5.69 Å². The number of nitrogens with two attached hydrogens (primary N) is 1. The molecule has 0 amide bonds. The molecular formula is C11H19N3O4S2. The van der Waals surface area contributed by atoms with Crippen molar-refractivity contribution in [3.05, 3.63) is 24.0 Å². The van der Waals surface area contributed by atoms with Gasteiger partial charge >= 0.3 is 0 Å². The zero-order valence-electron chi connectivity index (χ0n) is 11.6. The Morgan fingerprint density at radius 3 is 2.25 bits per heavy atom. The third-order valence-corrected chi connectivity index (χ3v) is 6.55. The topological polar surface area (TPSA) is 119 Å². The predicted octanol–water partition coefficient (Wildman–Crippen LogP) is -0.358. The monoisotopic (exact) mass is 321 g/mol. The van der Waals surface area contributed by atoms with E-state index in [9.17, 15) is 16.8 Å². The minimum Gasteiger partial charge on any atom is -0.325 e. The molecule has 114 valence electrons. The highest BCUT2D eigenvalue weighted by atomic mass is 32.2. The summed E-state index contributed by atoms with van der Waals surface area (Å²) in [5.74, 6) is 0. The molecule has 0 saturated heterocycles. The Morgan fingerprint density at radius 2 is 1.85 bits per heavy atom. The number of aromatic nitrogens is 1. The van der Waals surface area contributed by atoms with Crippen molar-refractivity contribution >= 4 is 19.9 Å². The third kappa shape index (κ3) is 3.98. The van der Waals surface area contributed by atoms with Gasteiger partial charge in [-0.3, -0.25) is 4.98 Å². The fraction of sp³-hybridized carbons (Fsp3) is 0.545. The highest BCUT2D eigenvalue weighted by Gasteiger charge is 2.31. The molecule has 1 heterocycles. The van der Waals surface area contributed by atoms with E-state index in [1.54, 1.807) is 0 Å². The van der Waals surface area contributed by atoms with Gasteiger partial charge in [-0.15, -0.1) is 0 Å². The van der Waals surface area contributed by atoms with Crippen molar-refractivity contribution in [2.75, 3.05) is 12.8 Å². The van der Waals surface area contributed by atoms with Crippen LogP contribution in [0.3, 0.4) is 0 Å². The summed E-state index contributed by atoms with van der Waals surface area (Å²) in [7, 11) is -7.17. The molecule has 0 aliphatic rings. The molecule has 0 aliphatic carbocycles. The molecule has 20 heavy (non-hydrogen) atoms. The lowest BCUT2D eigenvalue weighted by atomic mass is 10.2. The van der Waals surface area contributed by atoms with E-state index in [4.69, 9.17) is 5.73 Å². The van der Waals surface area contributed by atoms with E-state index in [-0.39, 0.29) is 18.0 Å². The van der Waals surface area contributed by atoms with Crippen molar-refractivity contribution in [2.45, 2.75) is 30.0 Å². The van der Waals surface area contributed by atoms with Gasteiger partial charge < -0.3 is 5.73 Å². The number of sulfonamides is 1. The number of nitrogens with zero attached hydrogens (tertiary/aromatic N) is 1. The summed E-state index contributed by atoms with van der Waals surface area (Å²) in [5, 5.41) is 0. The molecule has 3 N–H and O–H groups in total. The minimum atomic E-state index is -3.80. The SMILES string of the molecule is CC(C)(CNS(=O)(=O)c1ccc(CN)nc1)S(C)(=O)=O. The maximum Gasteiger partial charge on any atom is 0.242 e. The lowest BCUT2D eigenvalue weighted by Crippen LogP contribution is -2.43. The Balaban J connectivity index is 2.90. The second kappa shape index (κ2) is 5.76. The molecule has 1 aromatic heterocycles. The summed E-state index contributed by atoms with van der Waals surface area (Å²) in [6.07, 6.45) is 2.26. The van der Waals surface area contributed by atoms with Crippen molar-refractivity contribution in [2.24, 2.45) is 5.73 Å². The van der Waals surface area contributed by atoms with Crippen LogP contribution in [0.1, 0.15) is 19.5 Å². The first-order chi connectivity index (χ1) is 8.99. The lowest BCUT2D eigenvalue weighted by molar-refractivity contribution is 0.537. The molecule has 0 aliphatic heterocycles. The molecular weight excluding hydrogens is 302 g/mol. The zero-order valence-corrected chi connectivity index (χ0v) is 13.3. The standard InChI is InChI=1S/C11H19N3O4S2/c1-11(2,19(3,15)16)8-14-20(17,18)10-5-4-9(6-12)13-7-10/h4-5,7,14H,6,8,12H2,1-3H3. The molecule has 0 saturated carbocycles. The molecule has 7 nitrogen and oxygen atoms in total. The molecule has 0 aromatic carbocycles. The van der Waals surface area contributed by atoms with Gasteiger partial charge in [0.2, 0.25) is 10.0 Å². The number of pyridine rings is 1. The van der Waals surface area contributed by atoms with Gasteiger partial charge in [-0.05, 0) is 26.0 Å². The average Bonchev–Trinajstić information content (AvgIpc) is 2.35. The van der Waals surface area contributed by atoms with E-state index in [1.165, 1.54) is 32.2 Å². The highest BCUT2D eigenvalue weighted by Crippen LogP contribution is 2.15. The van der Waals surface area contributed by atoms with Crippen LogP contribution in [0.25, 0.3) is 0 Å². The van der Waals surface area contributed by atoms with Crippen LogP contribution in [0, 0.1) is 0 Å². The van der Waals surface area contributed by atoms with E-state index in [0.717, 1.165) is 6.26 Å². The number of sulfone groups is 1. The molecule has 9 heteroatoms. The Kier molecular flexibility index (Phi) is 4.90. The molecule has 0 radical (unpaired) electrons. The first-order valence-corrected chi connectivity index (χ1v) is 9.21. The van der Waals surface area contributed by atoms with Crippen LogP contribution in [0.5, 0.6) is 0 Å². The van der Waals surface area contributed by atoms with Gasteiger partial charge in [0, 0.05) is 25.5 Å². The molecule has 0 bridgehead atoms. The number of nitrogens with one attached hydrogen (secondary N) is 1. The van der Waals surface area contributed by atoms with Gasteiger partial charge in [0.1, 0.15) is 4.90 Å². The third-order valence-electron chi connectivity index (χ3n) is 3.01. The summed E-state index contributed by atoms with van der Waals surface area (Å²) in [5.41, 5.74) is 5.95. The minimum absolute atomic E-state index is 0.0287.